The van der Waals surface area contributed by atoms with Crippen molar-refractivity contribution in [1.82, 2.24) is 0 Å². The van der Waals surface area contributed by atoms with Crippen LogP contribution in [0.15, 0.2) is 0 Å². The van der Waals surface area contributed by atoms with Crippen molar-refractivity contribution in [3.63, 3.8) is 0 Å². The molecule has 0 spiro atoms. The van der Waals surface area contributed by atoms with Gasteiger partial charge in [-0.1, -0.05) is 13.8 Å². The van der Waals surface area contributed by atoms with Crippen LogP contribution >= 0.6 is 0 Å². The van der Waals surface area contributed by atoms with Crippen molar-refractivity contribution in [3.8, 4) is 0 Å². The van der Waals surface area contributed by atoms with E-state index in [1.807, 2.05) is 0 Å². The molecule has 0 aliphatic heterocycles. The van der Waals surface area contributed by atoms with E-state index >= 15 is 0 Å². The molecule has 0 radical (unpaired) electrons. The van der Waals surface area contributed by atoms with Crippen LogP contribution in [0.25, 0.3) is 0 Å². The quantitative estimate of drug-likeness (QED) is 0.575. The molecule has 0 N–H and O–H groups in total. The summed E-state index contributed by atoms with van der Waals surface area (Å²) in [6.45, 7) is 5.24. The van der Waals surface area contributed by atoms with Gasteiger partial charge in [0.2, 0.25) is 0 Å². The summed E-state index contributed by atoms with van der Waals surface area (Å²) in [5.74, 6) is 9.29. The second-order valence-corrected chi connectivity index (χ2v) is 8.32. The number of hydrogen-bond acceptors (Lipinski definition) is 0. The third-order valence-corrected chi connectivity index (χ3v) is 8.09. The fourth-order valence-electron chi connectivity index (χ4n) is 7.64. The first kappa shape index (κ1) is 9.00. The van der Waals surface area contributed by atoms with Gasteiger partial charge < -0.3 is 0 Å². The Morgan fingerprint density at radius 2 is 1.38 bits per heavy atom. The minimum atomic E-state index is 0.758. The van der Waals surface area contributed by atoms with Crippen LogP contribution in [0.1, 0.15) is 46.0 Å². The van der Waals surface area contributed by atoms with Gasteiger partial charge in [0.1, 0.15) is 0 Å². The Hall–Kier alpha value is 0. The fraction of sp³-hybridized carbons (Fsp3) is 1.00. The molecule has 88 valence electrons. The van der Waals surface area contributed by atoms with E-state index in [9.17, 15) is 0 Å². The Balaban J connectivity index is 1.70. The van der Waals surface area contributed by atoms with E-state index in [1.54, 1.807) is 32.1 Å². The fourth-order valence-corrected chi connectivity index (χ4v) is 7.64. The molecule has 0 aromatic rings. The van der Waals surface area contributed by atoms with E-state index in [1.165, 1.54) is 35.5 Å². The van der Waals surface area contributed by atoms with Crippen molar-refractivity contribution >= 4 is 0 Å². The maximum absolute atomic E-state index is 2.63. The van der Waals surface area contributed by atoms with Crippen LogP contribution in [0.3, 0.4) is 0 Å². The minimum Gasteiger partial charge on any atom is -0.0617 e. The molecular weight excluding hydrogens is 192 g/mol. The largest absolute Gasteiger partial charge is 0.0617 e. The Morgan fingerprint density at radius 3 is 2.00 bits per heavy atom. The lowest BCUT2D eigenvalue weighted by Gasteiger charge is -2.74. The molecule has 5 atom stereocenters. The van der Waals surface area contributed by atoms with Gasteiger partial charge in [-0.3, -0.25) is 0 Å². The summed E-state index contributed by atoms with van der Waals surface area (Å²) in [4.78, 5) is 0. The lowest BCUT2D eigenvalue weighted by Crippen LogP contribution is -2.67. The minimum absolute atomic E-state index is 0.758. The van der Waals surface area contributed by atoms with Crippen LogP contribution < -0.4 is 0 Å². The summed E-state index contributed by atoms with van der Waals surface area (Å²) in [6, 6.07) is 0. The molecule has 0 aromatic carbocycles. The third-order valence-electron chi connectivity index (χ3n) is 8.09. The molecule has 7 rings (SSSR count). The molecule has 5 unspecified atom stereocenters. The first-order chi connectivity index (χ1) is 7.67. The van der Waals surface area contributed by atoms with Gasteiger partial charge in [-0.05, 0) is 84.9 Å². The monoisotopic (exact) mass is 216 g/mol. The third kappa shape index (κ3) is 0.754. The Bertz CT molecular complexity index is 333. The zero-order valence-corrected chi connectivity index (χ0v) is 10.7. The van der Waals surface area contributed by atoms with Crippen molar-refractivity contribution < 1.29 is 0 Å². The maximum atomic E-state index is 2.63. The molecule has 0 heterocycles. The molecule has 0 saturated heterocycles. The Kier molecular flexibility index (Phi) is 1.35. The van der Waals surface area contributed by atoms with Gasteiger partial charge in [0, 0.05) is 0 Å². The second kappa shape index (κ2) is 2.40. The Labute approximate surface area is 99.2 Å². The topological polar surface area (TPSA) is 0 Å². The van der Waals surface area contributed by atoms with Gasteiger partial charge in [0.25, 0.3) is 0 Å². The molecule has 0 heteroatoms. The molecule has 0 aromatic heterocycles. The first-order valence-corrected chi connectivity index (χ1v) is 7.67. The molecule has 0 amide bonds. The average molecular weight is 216 g/mol. The zero-order chi connectivity index (χ0) is 10.7. The second-order valence-electron chi connectivity index (χ2n) is 8.32. The predicted octanol–water partition coefficient (Wildman–Crippen LogP) is 3.96. The van der Waals surface area contributed by atoms with Gasteiger partial charge in [-0.2, -0.15) is 0 Å². The molecule has 7 aliphatic carbocycles. The van der Waals surface area contributed by atoms with Gasteiger partial charge in [-0.15, -0.1) is 0 Å². The Morgan fingerprint density at radius 1 is 0.812 bits per heavy atom. The highest BCUT2D eigenvalue weighted by atomic mass is 14.7. The smallest absolute Gasteiger partial charge is 0.0292 e. The summed E-state index contributed by atoms with van der Waals surface area (Å²) in [7, 11) is 0. The standard InChI is InChI=1S/C16H24/c1-8-15-11-4-9-3-10-13(11)6-16(8,2)7-14(10)12(15)5-9/h8-15H,3-7H2,1-2H3. The highest BCUT2D eigenvalue weighted by Crippen LogP contribution is 2.75. The van der Waals surface area contributed by atoms with Crippen molar-refractivity contribution in [2.45, 2.75) is 46.0 Å². The molecule has 7 aliphatic rings. The summed E-state index contributed by atoms with van der Waals surface area (Å²) < 4.78 is 0. The van der Waals surface area contributed by atoms with Gasteiger partial charge >= 0.3 is 0 Å². The van der Waals surface area contributed by atoms with Crippen LogP contribution in [0.2, 0.25) is 0 Å². The molecule has 8 bridgehead atoms. The van der Waals surface area contributed by atoms with E-state index < -0.39 is 0 Å². The van der Waals surface area contributed by atoms with E-state index in [2.05, 4.69) is 13.8 Å². The molecule has 0 nitrogen and oxygen atoms in total. The van der Waals surface area contributed by atoms with E-state index in [4.69, 9.17) is 0 Å². The highest BCUT2D eigenvalue weighted by molar-refractivity contribution is 5.17. The van der Waals surface area contributed by atoms with Crippen molar-refractivity contribution in [1.29, 1.82) is 0 Å². The molecule has 7 fully saturated rings. The summed E-state index contributed by atoms with van der Waals surface area (Å²) >= 11 is 0. The zero-order valence-electron chi connectivity index (χ0n) is 10.7. The normalized spacial score (nSPS) is 73.9. The summed E-state index contributed by atoms with van der Waals surface area (Å²) in [5.41, 5.74) is 0.758. The SMILES string of the molecule is CC1C2C3CC4CC5C3CC1(C)CC5C2C4. The number of rotatable bonds is 0. The summed E-state index contributed by atoms with van der Waals surface area (Å²) in [6.07, 6.45) is 8.12. The van der Waals surface area contributed by atoms with Crippen LogP contribution in [-0.4, -0.2) is 0 Å². The van der Waals surface area contributed by atoms with Crippen molar-refractivity contribution in [3.05, 3.63) is 0 Å². The number of hydrogen-bond donors (Lipinski definition) is 0. The van der Waals surface area contributed by atoms with Crippen LogP contribution in [0, 0.1) is 52.8 Å². The van der Waals surface area contributed by atoms with Gasteiger partial charge in [0.15, 0.2) is 0 Å². The molecular formula is C16H24. The van der Waals surface area contributed by atoms with Crippen LogP contribution in [0.4, 0.5) is 0 Å². The van der Waals surface area contributed by atoms with E-state index in [0.29, 0.717) is 0 Å². The summed E-state index contributed by atoms with van der Waals surface area (Å²) in [5, 5.41) is 0. The maximum Gasteiger partial charge on any atom is -0.0292 e. The predicted molar refractivity (Wildman–Crippen MR) is 64.8 cm³/mol. The lowest BCUT2D eigenvalue weighted by molar-refractivity contribution is -0.254. The van der Waals surface area contributed by atoms with E-state index in [0.717, 1.165) is 17.3 Å². The van der Waals surface area contributed by atoms with Crippen LogP contribution in [0.5, 0.6) is 0 Å². The van der Waals surface area contributed by atoms with Crippen molar-refractivity contribution in [2.24, 2.45) is 52.8 Å². The van der Waals surface area contributed by atoms with Crippen LogP contribution in [-0.2, 0) is 0 Å². The van der Waals surface area contributed by atoms with Gasteiger partial charge in [-0.25, -0.2) is 0 Å². The molecule has 16 heavy (non-hydrogen) atoms. The first-order valence-electron chi connectivity index (χ1n) is 7.67. The highest BCUT2D eigenvalue weighted by Gasteiger charge is 2.68. The molecule has 7 saturated carbocycles. The van der Waals surface area contributed by atoms with Crippen molar-refractivity contribution in [2.75, 3.05) is 0 Å². The van der Waals surface area contributed by atoms with Gasteiger partial charge in [0.05, 0.1) is 0 Å². The lowest BCUT2D eigenvalue weighted by atomic mass is 9.31. The average Bonchev–Trinajstić information content (AvgIpc) is 2.26. The van der Waals surface area contributed by atoms with E-state index in [-0.39, 0.29) is 0 Å².